The third kappa shape index (κ3) is 5.73. The minimum Gasteiger partial charge on any atom is -0.491 e. The second kappa shape index (κ2) is 8.00. The Morgan fingerprint density at radius 1 is 1.29 bits per heavy atom. The minimum absolute atomic E-state index is 0.0550. The van der Waals surface area contributed by atoms with Gasteiger partial charge in [-0.25, -0.2) is 0 Å². The highest BCUT2D eigenvalue weighted by atomic mass is 16.5. The van der Waals surface area contributed by atoms with Gasteiger partial charge in [-0.05, 0) is 31.5 Å². The van der Waals surface area contributed by atoms with Gasteiger partial charge in [0.2, 0.25) is 5.91 Å². The quantitative estimate of drug-likeness (QED) is 0.861. The molecule has 2 rings (SSSR count). The molecule has 0 bridgehead atoms. The zero-order valence-electron chi connectivity index (χ0n) is 12.8. The van der Waals surface area contributed by atoms with Crippen molar-refractivity contribution in [1.29, 1.82) is 0 Å². The van der Waals surface area contributed by atoms with Crippen LogP contribution in [0.2, 0.25) is 0 Å². The van der Waals surface area contributed by atoms with Crippen LogP contribution in [0.1, 0.15) is 19.4 Å². The summed E-state index contributed by atoms with van der Waals surface area (Å²) in [5.41, 5.74) is 1.07. The fourth-order valence-corrected chi connectivity index (χ4v) is 2.18. The normalized spacial score (nSPS) is 16.0. The molecule has 1 heterocycles. The lowest BCUT2D eigenvalue weighted by Gasteiger charge is -2.25. The van der Waals surface area contributed by atoms with Gasteiger partial charge in [-0.2, -0.15) is 0 Å². The molecule has 0 atom stereocenters. The van der Waals surface area contributed by atoms with Crippen LogP contribution < -0.4 is 10.1 Å². The largest absolute Gasteiger partial charge is 0.491 e. The SMILES string of the molecule is CC(C)Oc1ccc(CNC(=O)CN2CCOCC2)cc1. The molecule has 0 aromatic heterocycles. The van der Waals surface area contributed by atoms with Crippen LogP contribution in [0.5, 0.6) is 5.75 Å². The van der Waals surface area contributed by atoms with E-state index in [9.17, 15) is 4.79 Å². The molecule has 0 radical (unpaired) electrons. The van der Waals surface area contributed by atoms with E-state index < -0.39 is 0 Å². The second-order valence-corrected chi connectivity index (χ2v) is 5.48. The number of nitrogens with zero attached hydrogens (tertiary/aromatic N) is 1. The highest BCUT2D eigenvalue weighted by molar-refractivity contribution is 5.78. The van der Waals surface area contributed by atoms with Crippen LogP contribution in [0, 0.1) is 0 Å². The number of ether oxygens (including phenoxy) is 2. The van der Waals surface area contributed by atoms with E-state index in [0.717, 1.165) is 24.4 Å². The Hall–Kier alpha value is -1.59. The first-order valence-corrected chi connectivity index (χ1v) is 7.46. The number of benzene rings is 1. The van der Waals surface area contributed by atoms with Crippen LogP contribution in [0.3, 0.4) is 0 Å². The molecule has 21 heavy (non-hydrogen) atoms. The smallest absolute Gasteiger partial charge is 0.234 e. The molecule has 5 heteroatoms. The van der Waals surface area contributed by atoms with Crippen LogP contribution in [0.25, 0.3) is 0 Å². The number of morpholine rings is 1. The summed E-state index contributed by atoms with van der Waals surface area (Å²) in [6.07, 6.45) is 0.170. The van der Waals surface area contributed by atoms with Crippen LogP contribution in [0.4, 0.5) is 0 Å². The highest BCUT2D eigenvalue weighted by Crippen LogP contribution is 2.13. The Balaban J connectivity index is 1.73. The Morgan fingerprint density at radius 3 is 2.57 bits per heavy atom. The van der Waals surface area contributed by atoms with Crippen molar-refractivity contribution in [1.82, 2.24) is 10.2 Å². The molecule has 1 aliphatic rings. The summed E-state index contributed by atoms with van der Waals surface area (Å²) in [6, 6.07) is 7.83. The van der Waals surface area contributed by atoms with Gasteiger partial charge in [0.15, 0.2) is 0 Å². The van der Waals surface area contributed by atoms with E-state index in [2.05, 4.69) is 10.2 Å². The van der Waals surface area contributed by atoms with Gasteiger partial charge in [-0.15, -0.1) is 0 Å². The topological polar surface area (TPSA) is 50.8 Å². The molecule has 1 N–H and O–H groups in total. The Labute approximate surface area is 126 Å². The maximum atomic E-state index is 11.9. The molecule has 0 aliphatic carbocycles. The summed E-state index contributed by atoms with van der Waals surface area (Å²) in [6.45, 7) is 8.07. The van der Waals surface area contributed by atoms with Crippen molar-refractivity contribution < 1.29 is 14.3 Å². The van der Waals surface area contributed by atoms with Gasteiger partial charge < -0.3 is 14.8 Å². The van der Waals surface area contributed by atoms with E-state index in [0.29, 0.717) is 26.3 Å². The van der Waals surface area contributed by atoms with Gasteiger partial charge in [-0.1, -0.05) is 12.1 Å². The molecule has 0 saturated carbocycles. The first-order chi connectivity index (χ1) is 10.1. The third-order valence-corrected chi connectivity index (χ3v) is 3.26. The summed E-state index contributed by atoms with van der Waals surface area (Å²) in [5, 5.41) is 2.94. The van der Waals surface area contributed by atoms with E-state index in [1.54, 1.807) is 0 Å². The van der Waals surface area contributed by atoms with E-state index in [1.165, 1.54) is 0 Å². The van der Waals surface area contributed by atoms with Crippen LogP contribution in [-0.4, -0.2) is 49.8 Å². The molecule has 1 aromatic carbocycles. The van der Waals surface area contributed by atoms with Crippen molar-refractivity contribution in [2.75, 3.05) is 32.8 Å². The molecule has 1 saturated heterocycles. The van der Waals surface area contributed by atoms with Crippen molar-refractivity contribution in [2.45, 2.75) is 26.5 Å². The predicted octanol–water partition coefficient (Wildman–Crippen LogP) is 1.42. The number of rotatable bonds is 6. The zero-order valence-corrected chi connectivity index (χ0v) is 12.8. The summed E-state index contributed by atoms with van der Waals surface area (Å²) in [4.78, 5) is 14.0. The summed E-state index contributed by atoms with van der Waals surface area (Å²) in [5.74, 6) is 0.910. The molecular weight excluding hydrogens is 268 g/mol. The number of amides is 1. The van der Waals surface area contributed by atoms with Crippen molar-refractivity contribution in [2.24, 2.45) is 0 Å². The number of carbonyl (C=O) groups excluding carboxylic acids is 1. The second-order valence-electron chi connectivity index (χ2n) is 5.48. The molecule has 0 unspecified atom stereocenters. The third-order valence-electron chi connectivity index (χ3n) is 3.26. The first kappa shape index (κ1) is 15.8. The fourth-order valence-electron chi connectivity index (χ4n) is 2.18. The summed E-state index contributed by atoms with van der Waals surface area (Å²) >= 11 is 0. The van der Waals surface area contributed by atoms with Crippen LogP contribution >= 0.6 is 0 Å². The maximum Gasteiger partial charge on any atom is 0.234 e. The fraction of sp³-hybridized carbons (Fsp3) is 0.562. The number of carbonyl (C=O) groups is 1. The monoisotopic (exact) mass is 292 g/mol. The predicted molar refractivity (Wildman–Crippen MR) is 81.3 cm³/mol. The number of hydrogen-bond acceptors (Lipinski definition) is 4. The Kier molecular flexibility index (Phi) is 6.02. The van der Waals surface area contributed by atoms with Crippen molar-refractivity contribution in [3.05, 3.63) is 29.8 Å². The molecular formula is C16H24N2O3. The number of nitrogens with one attached hydrogen (secondary N) is 1. The standard InChI is InChI=1S/C16H24N2O3/c1-13(2)21-15-5-3-14(4-6-15)11-17-16(19)12-18-7-9-20-10-8-18/h3-6,13H,7-12H2,1-2H3,(H,17,19). The van der Waals surface area contributed by atoms with E-state index in [1.807, 2.05) is 38.1 Å². The lowest BCUT2D eigenvalue weighted by atomic mass is 10.2. The number of hydrogen-bond donors (Lipinski definition) is 1. The van der Waals surface area contributed by atoms with E-state index in [-0.39, 0.29) is 12.0 Å². The van der Waals surface area contributed by atoms with E-state index >= 15 is 0 Å². The molecule has 1 aromatic rings. The van der Waals surface area contributed by atoms with Crippen molar-refractivity contribution in [3.63, 3.8) is 0 Å². The zero-order chi connectivity index (χ0) is 15.1. The lowest BCUT2D eigenvalue weighted by Crippen LogP contribution is -2.43. The molecule has 1 aliphatic heterocycles. The Bertz CT molecular complexity index is 439. The lowest BCUT2D eigenvalue weighted by molar-refractivity contribution is -0.123. The highest BCUT2D eigenvalue weighted by Gasteiger charge is 2.13. The van der Waals surface area contributed by atoms with Gasteiger partial charge in [0, 0.05) is 19.6 Å². The minimum atomic E-state index is 0.0550. The van der Waals surface area contributed by atoms with Crippen LogP contribution in [0.15, 0.2) is 24.3 Å². The molecule has 0 spiro atoms. The maximum absolute atomic E-state index is 11.9. The molecule has 116 valence electrons. The van der Waals surface area contributed by atoms with E-state index in [4.69, 9.17) is 9.47 Å². The summed E-state index contributed by atoms with van der Waals surface area (Å²) < 4.78 is 10.9. The van der Waals surface area contributed by atoms with Crippen molar-refractivity contribution in [3.8, 4) is 5.75 Å². The molecule has 1 fully saturated rings. The van der Waals surface area contributed by atoms with Crippen LogP contribution in [-0.2, 0) is 16.1 Å². The van der Waals surface area contributed by atoms with Gasteiger partial charge in [-0.3, -0.25) is 9.69 Å². The molecule has 1 amide bonds. The first-order valence-electron chi connectivity index (χ1n) is 7.46. The molecule has 5 nitrogen and oxygen atoms in total. The van der Waals surface area contributed by atoms with Gasteiger partial charge in [0.05, 0.1) is 25.9 Å². The van der Waals surface area contributed by atoms with Gasteiger partial charge in [0.25, 0.3) is 0 Å². The average molecular weight is 292 g/mol. The van der Waals surface area contributed by atoms with Gasteiger partial charge >= 0.3 is 0 Å². The summed E-state index contributed by atoms with van der Waals surface area (Å²) in [7, 11) is 0. The Morgan fingerprint density at radius 2 is 1.95 bits per heavy atom. The average Bonchev–Trinajstić information content (AvgIpc) is 2.47. The van der Waals surface area contributed by atoms with Crippen molar-refractivity contribution >= 4 is 5.91 Å². The van der Waals surface area contributed by atoms with Gasteiger partial charge in [0.1, 0.15) is 5.75 Å².